The maximum Gasteiger partial charge on any atom is 0.0964 e. The minimum atomic E-state index is -3.30. The zero-order valence-corrected chi connectivity index (χ0v) is 19.9. The van der Waals surface area contributed by atoms with Crippen molar-refractivity contribution in [2.45, 2.75) is 0 Å². The molecule has 0 saturated carbocycles. The molecule has 142 valence electrons. The summed E-state index contributed by atoms with van der Waals surface area (Å²) in [5.41, 5.74) is 1.95. The number of hydrogen-bond donors (Lipinski definition) is 0. The maximum atomic E-state index is 6.56. The van der Waals surface area contributed by atoms with E-state index in [1.807, 2.05) is 72.8 Å². The van der Waals surface area contributed by atoms with Gasteiger partial charge in [-0.25, -0.2) is 0 Å². The Morgan fingerprint density at radius 2 is 0.897 bits per heavy atom. The number of hydrogen-bond acceptors (Lipinski definition) is 2. The summed E-state index contributed by atoms with van der Waals surface area (Å²) in [5.74, 6) is 0. The Bertz CT molecular complexity index is 1130. The van der Waals surface area contributed by atoms with Crippen LogP contribution in [0.1, 0.15) is 0 Å². The molecular weight excluding hydrogens is 506 g/mol. The number of pyridine rings is 2. The van der Waals surface area contributed by atoms with Crippen LogP contribution in [0.25, 0.3) is 21.8 Å². The number of benzene rings is 3. The molecule has 0 saturated heterocycles. The topological polar surface area (TPSA) is 25.8 Å². The smallest absolute Gasteiger partial charge is 0.0964 e. The fourth-order valence-electron chi connectivity index (χ4n) is 3.14. The Hall–Kier alpha value is -2.14. The molecule has 3 aromatic carbocycles. The second-order valence-electron chi connectivity index (χ2n) is 6.52. The molecule has 0 aliphatic heterocycles. The molecule has 0 aliphatic carbocycles. The molecule has 2 heterocycles. The molecule has 5 aromatic rings. The Kier molecular flexibility index (Phi) is 6.34. The van der Waals surface area contributed by atoms with Crippen LogP contribution in [0.3, 0.4) is 0 Å². The van der Waals surface area contributed by atoms with Crippen LogP contribution >= 0.6 is 17.8 Å². The molecule has 2 nitrogen and oxygen atoms in total. The van der Waals surface area contributed by atoms with Gasteiger partial charge in [0.2, 0.25) is 0 Å². The average Bonchev–Trinajstić information content (AvgIpc) is 2.80. The van der Waals surface area contributed by atoms with E-state index in [9.17, 15) is 0 Å². The number of halogens is 2. The Morgan fingerprint density at radius 1 is 0.483 bits per heavy atom. The number of aromatic nitrogens is 2. The number of nitrogens with zero attached hydrogens (tertiary/aromatic N) is 2. The summed E-state index contributed by atoms with van der Waals surface area (Å²) in [7, 11) is 13.1. The quantitative estimate of drug-likeness (QED) is 0.225. The fourth-order valence-corrected chi connectivity index (χ4v) is 11.0. The zero-order chi connectivity index (χ0) is 20.1. The van der Waals surface area contributed by atoms with Crippen molar-refractivity contribution in [1.82, 2.24) is 9.97 Å². The van der Waals surface area contributed by atoms with Gasteiger partial charge in [-0.3, -0.25) is 9.97 Å². The van der Waals surface area contributed by atoms with Gasteiger partial charge in [0.25, 0.3) is 0 Å². The van der Waals surface area contributed by atoms with Gasteiger partial charge in [0.1, 0.15) is 0 Å². The monoisotopic (exact) mass is 524 g/mol. The van der Waals surface area contributed by atoms with Gasteiger partial charge in [0.05, 0.1) is 11.0 Å². The van der Waals surface area contributed by atoms with Crippen LogP contribution in [0.4, 0.5) is 0 Å². The summed E-state index contributed by atoms with van der Waals surface area (Å²) in [6.07, 6.45) is 3.60. The fraction of sp³-hybridized carbons (Fsp3) is 0. The normalized spacial score (nSPS) is 11.1. The predicted molar refractivity (Wildman–Crippen MR) is 127 cm³/mol. The van der Waals surface area contributed by atoms with Crippen LogP contribution in [-0.2, 0) is 0 Å². The van der Waals surface area contributed by atoms with Gasteiger partial charge in [0.15, 0.2) is 0 Å². The SMILES string of the molecule is [Cl][Sn]([Cl])([c]1ccccc1)[c]1ccccc1.c1cnc2c(c1)ccc1cccnc12. The van der Waals surface area contributed by atoms with Crippen LogP contribution in [0.2, 0.25) is 0 Å². The largest absolute Gasteiger partial charge is 0.254 e. The maximum absolute atomic E-state index is 6.56. The van der Waals surface area contributed by atoms with Gasteiger partial charge >= 0.3 is 102 Å². The molecule has 2 aromatic heterocycles. The van der Waals surface area contributed by atoms with E-state index >= 15 is 0 Å². The first-order chi connectivity index (χ1) is 14.2. The molecule has 0 unspecified atom stereocenters. The molecule has 0 fully saturated rings. The van der Waals surface area contributed by atoms with Crippen molar-refractivity contribution in [2.24, 2.45) is 0 Å². The van der Waals surface area contributed by atoms with E-state index in [1.54, 1.807) is 12.4 Å². The van der Waals surface area contributed by atoms with E-state index in [2.05, 4.69) is 34.2 Å². The molecule has 0 radical (unpaired) electrons. The first kappa shape index (κ1) is 20.1. The third-order valence-corrected chi connectivity index (χ3v) is 16.5. The summed E-state index contributed by atoms with van der Waals surface area (Å²) >= 11 is -3.30. The third kappa shape index (κ3) is 4.55. The van der Waals surface area contributed by atoms with Gasteiger partial charge in [0, 0.05) is 23.2 Å². The molecule has 0 N–H and O–H groups in total. The van der Waals surface area contributed by atoms with Crippen LogP contribution < -0.4 is 7.16 Å². The Morgan fingerprint density at radius 3 is 1.31 bits per heavy atom. The van der Waals surface area contributed by atoms with Crippen molar-refractivity contribution >= 4 is 62.9 Å². The predicted octanol–water partition coefficient (Wildman–Crippen LogP) is 5.50. The van der Waals surface area contributed by atoms with Crippen LogP contribution in [0, 0.1) is 0 Å². The first-order valence-electron chi connectivity index (χ1n) is 9.23. The minimum absolute atomic E-state index is 0.977. The molecule has 5 rings (SSSR count). The van der Waals surface area contributed by atoms with Crippen LogP contribution in [0.5, 0.6) is 0 Å². The molecule has 29 heavy (non-hydrogen) atoms. The molecule has 0 bridgehead atoms. The van der Waals surface area contributed by atoms with Crippen molar-refractivity contribution in [3.05, 3.63) is 109 Å². The second-order valence-corrected chi connectivity index (χ2v) is 22.0. The summed E-state index contributed by atoms with van der Waals surface area (Å²) in [6.45, 7) is 0. The molecule has 5 heteroatoms. The van der Waals surface area contributed by atoms with E-state index in [0.717, 1.165) is 29.0 Å². The minimum Gasteiger partial charge on any atom is -0.254 e. The summed E-state index contributed by atoms with van der Waals surface area (Å²) < 4.78 is 2.20. The van der Waals surface area contributed by atoms with Crippen molar-refractivity contribution in [3.63, 3.8) is 0 Å². The summed E-state index contributed by atoms with van der Waals surface area (Å²) in [5, 5.41) is 2.28. The van der Waals surface area contributed by atoms with Gasteiger partial charge < -0.3 is 0 Å². The number of fused-ring (bicyclic) bond motifs is 3. The van der Waals surface area contributed by atoms with Gasteiger partial charge in [-0.2, -0.15) is 0 Å². The molecular formula is C24H18Cl2N2Sn. The van der Waals surface area contributed by atoms with Crippen molar-refractivity contribution in [3.8, 4) is 0 Å². The molecule has 0 aliphatic rings. The van der Waals surface area contributed by atoms with Gasteiger partial charge in [-0.15, -0.1) is 0 Å². The molecule has 0 atom stereocenters. The summed E-state index contributed by atoms with van der Waals surface area (Å²) in [4.78, 5) is 8.69. The second kappa shape index (κ2) is 9.12. The van der Waals surface area contributed by atoms with Crippen LogP contribution in [-0.4, -0.2) is 26.1 Å². The Balaban J connectivity index is 0.000000141. The van der Waals surface area contributed by atoms with E-state index in [-0.39, 0.29) is 0 Å². The molecule has 0 spiro atoms. The van der Waals surface area contributed by atoms with E-state index < -0.39 is 16.1 Å². The van der Waals surface area contributed by atoms with Crippen molar-refractivity contribution in [2.75, 3.05) is 0 Å². The molecule has 0 amide bonds. The third-order valence-electron chi connectivity index (χ3n) is 4.62. The van der Waals surface area contributed by atoms with E-state index in [0.29, 0.717) is 0 Å². The van der Waals surface area contributed by atoms with E-state index in [1.165, 1.54) is 0 Å². The zero-order valence-electron chi connectivity index (χ0n) is 15.5. The van der Waals surface area contributed by atoms with Crippen molar-refractivity contribution in [1.29, 1.82) is 0 Å². The van der Waals surface area contributed by atoms with Gasteiger partial charge in [-0.1, -0.05) is 24.3 Å². The van der Waals surface area contributed by atoms with Gasteiger partial charge in [-0.05, 0) is 12.1 Å². The standard InChI is InChI=1S/C12H8N2.2C6H5.2ClH.Sn/c1-3-9-5-6-10-4-2-8-14-12(10)11(9)13-7-1;2*1-2-4-6-5-3-1;;;/h1-8H;2*1-5H;2*1H;/q;;;;;+2/p-2. The first-order valence-corrected chi connectivity index (χ1v) is 19.3. The van der Waals surface area contributed by atoms with Crippen molar-refractivity contribution < 1.29 is 0 Å². The average molecular weight is 524 g/mol. The van der Waals surface area contributed by atoms with Crippen LogP contribution in [0.15, 0.2) is 109 Å². The summed E-state index contributed by atoms with van der Waals surface area (Å²) in [6, 6.07) is 32.1. The number of rotatable bonds is 2. The van der Waals surface area contributed by atoms with E-state index in [4.69, 9.17) is 17.8 Å². The Labute approximate surface area is 181 Å².